The maximum atomic E-state index is 9.90. The molecule has 0 aliphatic heterocycles. The van der Waals surface area contributed by atoms with Crippen LogP contribution in [-0.4, -0.2) is 67.7 Å². The van der Waals surface area contributed by atoms with Crippen LogP contribution in [0.3, 0.4) is 0 Å². The van der Waals surface area contributed by atoms with E-state index in [1.165, 1.54) is 0 Å². The Labute approximate surface area is 193 Å². The molecule has 0 amide bonds. The van der Waals surface area contributed by atoms with E-state index in [4.69, 9.17) is 44.8 Å². The molecule has 0 aromatic heterocycles. The summed E-state index contributed by atoms with van der Waals surface area (Å²) in [6.45, 7) is -0.760. The Kier molecular flexibility index (Phi) is 24.7. The van der Waals surface area contributed by atoms with Crippen molar-refractivity contribution in [2.45, 2.75) is 24.4 Å². The molecule has 4 atom stereocenters. The summed E-state index contributed by atoms with van der Waals surface area (Å²) in [5.74, 6) is 0. The van der Waals surface area contributed by atoms with Crippen LogP contribution in [0.5, 0.6) is 0 Å². The fourth-order valence-corrected chi connectivity index (χ4v) is 0.618. The number of aliphatic hydroxyl groups excluding tert-OH is 5. The van der Waals surface area contributed by atoms with Crippen molar-refractivity contribution in [1.29, 1.82) is 0 Å². The van der Waals surface area contributed by atoms with Crippen LogP contribution in [0.1, 0.15) is 0 Å². The Morgan fingerprint density at radius 1 is 1.05 bits per heavy atom. The first-order valence-electron chi connectivity index (χ1n) is 4.07. The Bertz CT molecular complexity index is 252. The number of hydrogen-bond donors (Lipinski definition) is 6. The van der Waals surface area contributed by atoms with Crippen molar-refractivity contribution in [3.8, 4) is 0 Å². The molecule has 0 heterocycles. The van der Waals surface area contributed by atoms with E-state index >= 15 is 0 Å². The zero-order valence-electron chi connectivity index (χ0n) is 10.4. The Hall–Kier alpha value is 2.85. The third-order valence-electron chi connectivity index (χ3n) is 1.42. The van der Waals surface area contributed by atoms with Gasteiger partial charge in [0.15, 0.2) is 6.29 Å². The van der Waals surface area contributed by atoms with Gasteiger partial charge in [-0.1, -0.05) is 0 Å². The molecule has 10 nitrogen and oxygen atoms in total. The van der Waals surface area contributed by atoms with Crippen LogP contribution in [-0.2, 0) is 9.36 Å². The second kappa shape index (κ2) is 15.7. The third-order valence-corrected chi connectivity index (χ3v) is 1.42. The van der Waals surface area contributed by atoms with Gasteiger partial charge in [0.2, 0.25) is 0 Å². The summed E-state index contributed by atoms with van der Waals surface area (Å²) in [5, 5.41) is 43.5. The van der Waals surface area contributed by atoms with Crippen molar-refractivity contribution >= 4 is 14.1 Å². The maximum Gasteiger partial charge on any atom is 1.00 e. The number of carbonyl (C=O) groups is 1. The van der Waals surface area contributed by atoms with E-state index in [1.807, 2.05) is 0 Å². The van der Waals surface area contributed by atoms with E-state index in [0.29, 0.717) is 0 Å². The van der Waals surface area contributed by atoms with E-state index in [0.717, 1.165) is 0 Å². The van der Waals surface area contributed by atoms with Crippen LogP contribution >= 0.6 is 7.82 Å². The zero-order valence-corrected chi connectivity index (χ0v) is 17.5. The zero-order chi connectivity index (χ0) is 14.2. The van der Waals surface area contributed by atoms with Gasteiger partial charge in [-0.15, -0.1) is 0 Å². The largest absolute Gasteiger partial charge is 1.00 e. The van der Waals surface area contributed by atoms with Crippen molar-refractivity contribution in [3.63, 3.8) is 0 Å². The van der Waals surface area contributed by atoms with Crippen molar-refractivity contribution in [2.75, 3.05) is 6.61 Å². The topological polar surface area (TPSA) is 202 Å². The number of aldehydes is 1. The smallest absolute Gasteiger partial charge is 0.790 e. The van der Waals surface area contributed by atoms with Gasteiger partial charge in [0.25, 0.3) is 0 Å². The molecule has 0 radical (unpaired) electrons. The standard InChI is InChI=1S/C6H12O6.2K.H3O4P/c7-1-3(9)5(11)6(12)4(10)2-8;;;1-5(2,3)4/h1,3-6,8-12H,2H2;;;(H3,1,2,3,4)/q;2*+1;/p-2/t3-,4+,5+,6+;;;/m0.../s1. The minimum Gasteiger partial charge on any atom is -0.790 e. The quantitative estimate of drug-likeness (QED) is 0.156. The van der Waals surface area contributed by atoms with Gasteiger partial charge in [-0.3, -0.25) is 0 Å². The molecule has 0 aromatic carbocycles. The number of hydrogen-bond acceptors (Lipinski definition) is 9. The van der Waals surface area contributed by atoms with Crippen molar-refractivity contribution in [3.05, 3.63) is 0 Å². The minimum absolute atomic E-state index is 0. The fraction of sp³-hybridized carbons (Fsp3) is 0.833. The van der Waals surface area contributed by atoms with Crippen molar-refractivity contribution in [1.82, 2.24) is 0 Å². The van der Waals surface area contributed by atoms with Gasteiger partial charge in [-0.25, -0.2) is 0 Å². The Balaban J connectivity index is -0.000000139. The summed E-state index contributed by atoms with van der Waals surface area (Å²) in [6.07, 6.45) is -6.84. The summed E-state index contributed by atoms with van der Waals surface area (Å²) >= 11 is 0. The molecule has 6 N–H and O–H groups in total. The Morgan fingerprint density at radius 2 is 1.37 bits per heavy atom. The van der Waals surface area contributed by atoms with Crippen LogP contribution in [0.25, 0.3) is 0 Å². The van der Waals surface area contributed by atoms with Crippen LogP contribution in [0.4, 0.5) is 0 Å². The van der Waals surface area contributed by atoms with Gasteiger partial charge in [0.05, 0.1) is 14.4 Å². The summed E-state index contributed by atoms with van der Waals surface area (Å²) in [6, 6.07) is 0. The second-order valence-corrected chi connectivity index (χ2v) is 3.76. The molecule has 19 heavy (non-hydrogen) atoms. The molecule has 13 heteroatoms. The first-order chi connectivity index (χ1) is 7.54. The number of carbonyl (C=O) groups excluding carboxylic acids is 1. The van der Waals surface area contributed by atoms with E-state index < -0.39 is 38.8 Å². The van der Waals surface area contributed by atoms with Gasteiger partial charge >= 0.3 is 103 Å². The average molecular weight is 354 g/mol. The molecular formula is C6H13K2O10P. The van der Waals surface area contributed by atoms with E-state index in [1.54, 1.807) is 0 Å². The number of aliphatic hydroxyl groups is 5. The summed E-state index contributed by atoms with van der Waals surface area (Å²) in [5.41, 5.74) is 0. The molecule has 0 unspecified atom stereocenters. The SMILES string of the molecule is O=C[C@H](O)[C@@H](O)[C@H](O)[C@H](O)CO.O=P([O-])([O-])O.[K+].[K+]. The molecule has 0 aromatic rings. The van der Waals surface area contributed by atoms with Crippen LogP contribution in [0.2, 0.25) is 0 Å². The number of phosphoric acid groups is 1. The molecule has 104 valence electrons. The van der Waals surface area contributed by atoms with Gasteiger partial charge in [0.1, 0.15) is 24.4 Å². The van der Waals surface area contributed by atoms with E-state index in [9.17, 15) is 4.79 Å². The monoisotopic (exact) mass is 354 g/mol. The summed E-state index contributed by atoms with van der Waals surface area (Å²) < 4.78 is 8.66. The molecule has 0 spiro atoms. The fourth-order valence-electron chi connectivity index (χ4n) is 0.618. The third kappa shape index (κ3) is 20.9. The molecule has 0 fully saturated rings. The second-order valence-electron chi connectivity index (χ2n) is 2.83. The molecule has 0 aliphatic rings. The molecule has 0 aliphatic carbocycles. The normalized spacial score (nSPS) is 16.4. The van der Waals surface area contributed by atoms with E-state index in [-0.39, 0.29) is 109 Å². The van der Waals surface area contributed by atoms with Crippen molar-refractivity contribution < 1.29 is 152 Å². The summed E-state index contributed by atoms with van der Waals surface area (Å²) in [7, 11) is -5.14. The number of rotatable bonds is 5. The van der Waals surface area contributed by atoms with Gasteiger partial charge < -0.3 is 49.6 Å². The van der Waals surface area contributed by atoms with Crippen LogP contribution in [0, 0.1) is 0 Å². The predicted molar refractivity (Wildman–Crippen MR) is 47.0 cm³/mol. The Morgan fingerprint density at radius 3 is 1.58 bits per heavy atom. The minimum atomic E-state index is -5.14. The van der Waals surface area contributed by atoms with Gasteiger partial charge in [-0.05, 0) is 0 Å². The molecule has 0 saturated carbocycles. The first kappa shape index (κ1) is 29.8. The molecule has 0 rings (SSSR count). The first-order valence-corrected chi connectivity index (χ1v) is 5.57. The van der Waals surface area contributed by atoms with Gasteiger partial charge in [0, 0.05) is 0 Å². The van der Waals surface area contributed by atoms with Crippen LogP contribution in [0.15, 0.2) is 0 Å². The predicted octanol–water partition coefficient (Wildman–Crippen LogP) is -11.6. The van der Waals surface area contributed by atoms with Crippen molar-refractivity contribution in [2.24, 2.45) is 0 Å². The maximum absolute atomic E-state index is 9.90. The average Bonchev–Trinajstić information content (AvgIpc) is 2.22. The molecule has 0 saturated heterocycles. The van der Waals surface area contributed by atoms with E-state index in [2.05, 4.69) is 0 Å². The molecular weight excluding hydrogens is 341 g/mol. The van der Waals surface area contributed by atoms with Crippen LogP contribution < -0.4 is 113 Å². The molecule has 0 bridgehead atoms. The van der Waals surface area contributed by atoms with Gasteiger partial charge in [-0.2, -0.15) is 0 Å². The summed E-state index contributed by atoms with van der Waals surface area (Å²) in [4.78, 5) is 34.2.